The number of anilines is 1. The first kappa shape index (κ1) is 34.1. The van der Waals surface area contributed by atoms with Crippen molar-refractivity contribution in [1.29, 1.82) is 0 Å². The van der Waals surface area contributed by atoms with E-state index < -0.39 is 8.47 Å². The van der Waals surface area contributed by atoms with Crippen LogP contribution in [0.25, 0.3) is 0 Å². The van der Waals surface area contributed by atoms with Gasteiger partial charge in [-0.15, -0.1) is 5.41 Å². The number of nitrogens with zero attached hydrogens (tertiary/aromatic N) is 2. The second-order valence-electron chi connectivity index (χ2n) is 11.4. The van der Waals surface area contributed by atoms with Crippen LogP contribution in [0.3, 0.4) is 0 Å². The fourth-order valence-electron chi connectivity index (χ4n) is 5.55. The Labute approximate surface area is 272 Å². The molecule has 41 heavy (non-hydrogen) atoms. The van der Waals surface area contributed by atoms with Crippen LogP contribution in [0.5, 0.6) is 5.75 Å². The van der Waals surface area contributed by atoms with Crippen molar-refractivity contribution in [1.82, 2.24) is 0 Å². The molecule has 1 heterocycles. The number of aryl methyl sites for hydroxylation is 2. The van der Waals surface area contributed by atoms with Crippen molar-refractivity contribution in [3.8, 4) is 5.75 Å². The monoisotopic (exact) mass is 869 g/mol. The van der Waals surface area contributed by atoms with Crippen LogP contribution in [0.2, 0.25) is 0 Å². The standard InChI is InChI=1S/C23H30N.C10H11NO3.2HI.Ru/c1-6-18-12-11-13-19(7-2)21(18)24-17-23(5,16-22(24,3)4)20-14-9-8-10-15-20;1-7(2)14-10-5-4-9(11(12)13)6-8(10)3;;;/h8-15,17H,6-7,16H2,1-5H3;3-7H,1-2H3;2*1H;/q-1;;;;+2/p-2/t23-;;;;/m0..../s1. The quantitative estimate of drug-likeness (QED) is 0.0745. The summed E-state index contributed by atoms with van der Waals surface area (Å²) in [7, 11) is -1.05. The molecule has 3 aromatic rings. The first-order chi connectivity index (χ1) is 19.3. The molecule has 1 atom stereocenters. The SMILES string of the molecule is CC(C)Oc1ccc([N+](=O)[O-])cc1[CH]=[Ru]([I])[I].CCc1cccc(CC)c1N1[CH-][C@@](C)(c2ccccc2)CC1(C)C. The molecule has 1 saturated heterocycles. The minimum Gasteiger partial charge on any atom is -0.517 e. The van der Waals surface area contributed by atoms with Gasteiger partial charge < -0.3 is 4.90 Å². The summed E-state index contributed by atoms with van der Waals surface area (Å²) in [4.78, 5) is 12.9. The van der Waals surface area contributed by atoms with Crippen LogP contribution >= 0.6 is 39.5 Å². The predicted molar refractivity (Wildman–Crippen MR) is 187 cm³/mol. The molecule has 0 unspecified atom stereocenters. The molecule has 0 N–H and O–H groups in total. The summed E-state index contributed by atoms with van der Waals surface area (Å²) in [6.45, 7) is 18.0. The van der Waals surface area contributed by atoms with Crippen LogP contribution in [0.15, 0.2) is 66.7 Å². The van der Waals surface area contributed by atoms with Gasteiger partial charge in [0, 0.05) is 11.2 Å². The van der Waals surface area contributed by atoms with Crippen LogP contribution < -0.4 is 9.64 Å². The molecule has 0 bridgehead atoms. The predicted octanol–water partition coefficient (Wildman–Crippen LogP) is 9.77. The third kappa shape index (κ3) is 8.82. The fraction of sp³-hybridized carbons (Fsp3) is 0.394. The number of hydrogen-bond acceptors (Lipinski definition) is 4. The summed E-state index contributed by atoms with van der Waals surface area (Å²) >= 11 is 4.75. The van der Waals surface area contributed by atoms with Crippen molar-refractivity contribution in [3.63, 3.8) is 0 Å². The Morgan fingerprint density at radius 3 is 2.15 bits per heavy atom. The Morgan fingerprint density at radius 2 is 1.63 bits per heavy atom. The Hall–Kier alpha value is -1.39. The number of nitro groups is 1. The van der Waals surface area contributed by atoms with Gasteiger partial charge in [0.25, 0.3) is 0 Å². The second-order valence-corrected chi connectivity index (χ2v) is 31.2. The molecule has 1 aliphatic heterocycles. The zero-order valence-electron chi connectivity index (χ0n) is 24.9. The molecule has 1 aliphatic rings. The molecule has 8 heteroatoms. The number of ether oxygens (including phenoxy) is 1. The molecule has 0 aromatic heterocycles. The first-order valence-corrected chi connectivity index (χ1v) is 25.3. The first-order valence-electron chi connectivity index (χ1n) is 13.9. The maximum absolute atomic E-state index is 10.7. The maximum Gasteiger partial charge on any atom is 0.0140 e. The Morgan fingerprint density at radius 1 is 1.02 bits per heavy atom. The van der Waals surface area contributed by atoms with E-state index >= 15 is 0 Å². The van der Waals surface area contributed by atoms with E-state index in [1.807, 2.05) is 13.8 Å². The summed E-state index contributed by atoms with van der Waals surface area (Å²) in [6.07, 6.45) is 3.34. The molecular formula is C33H41I2N2O3Ru-. The molecule has 0 radical (unpaired) electrons. The molecule has 3 aromatic carbocycles. The molecule has 0 saturated carbocycles. The van der Waals surface area contributed by atoms with E-state index in [-0.39, 0.29) is 27.7 Å². The largest absolute Gasteiger partial charge is 0.517 e. The van der Waals surface area contributed by atoms with Crippen molar-refractivity contribution in [2.24, 2.45) is 0 Å². The number of non-ortho nitro benzene ring substituents is 1. The second kappa shape index (κ2) is 14.9. The summed E-state index contributed by atoms with van der Waals surface area (Å²) < 4.78 is 7.72. The van der Waals surface area contributed by atoms with Crippen LogP contribution in [0.4, 0.5) is 11.4 Å². The minimum absolute atomic E-state index is 0.0627. The Bertz CT molecular complexity index is 1350. The number of rotatable bonds is 8. The van der Waals surface area contributed by atoms with E-state index in [1.54, 1.807) is 12.1 Å². The van der Waals surface area contributed by atoms with E-state index in [4.69, 9.17) is 4.74 Å². The van der Waals surface area contributed by atoms with Gasteiger partial charge in [0.15, 0.2) is 0 Å². The van der Waals surface area contributed by atoms with Crippen LogP contribution in [0.1, 0.15) is 77.1 Å². The number of para-hydroxylation sites is 1. The Kier molecular flexibility index (Phi) is 12.4. The minimum atomic E-state index is -1.05. The molecule has 0 spiro atoms. The molecule has 4 rings (SSSR count). The van der Waals surface area contributed by atoms with Crippen LogP contribution in [0, 0.1) is 16.7 Å². The van der Waals surface area contributed by atoms with Gasteiger partial charge in [0.2, 0.25) is 0 Å². The van der Waals surface area contributed by atoms with Gasteiger partial charge in [-0.1, -0.05) is 74.9 Å². The van der Waals surface area contributed by atoms with E-state index in [9.17, 15) is 10.1 Å². The third-order valence-electron chi connectivity index (χ3n) is 7.26. The van der Waals surface area contributed by atoms with Gasteiger partial charge in [-0.05, 0) is 44.2 Å². The van der Waals surface area contributed by atoms with Crippen LogP contribution in [-0.2, 0) is 26.7 Å². The van der Waals surface area contributed by atoms with Crippen molar-refractivity contribution in [2.75, 3.05) is 4.90 Å². The summed E-state index contributed by atoms with van der Waals surface area (Å²) in [5.41, 5.74) is 6.88. The number of halogens is 2. The molecular weight excluding hydrogens is 827 g/mol. The fourth-order valence-corrected chi connectivity index (χ4v) is 9.16. The molecule has 224 valence electrons. The van der Waals surface area contributed by atoms with Gasteiger partial charge in [0.1, 0.15) is 0 Å². The summed E-state index contributed by atoms with van der Waals surface area (Å²) in [5, 5.41) is 10.7. The van der Waals surface area contributed by atoms with Crippen molar-refractivity contribution < 1.29 is 18.1 Å². The van der Waals surface area contributed by atoms with Crippen molar-refractivity contribution in [2.45, 2.75) is 84.8 Å². The Balaban J connectivity index is 0.000000241. The van der Waals surface area contributed by atoms with Crippen molar-refractivity contribution >= 4 is 55.5 Å². The zero-order chi connectivity index (χ0) is 30.4. The van der Waals surface area contributed by atoms with E-state index in [2.05, 4.69) is 139 Å². The number of hydrogen-bond donors (Lipinski definition) is 0. The van der Waals surface area contributed by atoms with Gasteiger partial charge >= 0.3 is 128 Å². The maximum atomic E-state index is 10.7. The smallest absolute Gasteiger partial charge is 0.0140 e. The molecule has 0 amide bonds. The normalized spacial score (nSPS) is 18.0. The van der Waals surface area contributed by atoms with Gasteiger partial charge in [0.05, 0.1) is 0 Å². The van der Waals surface area contributed by atoms with E-state index in [0.29, 0.717) is 0 Å². The van der Waals surface area contributed by atoms with Crippen LogP contribution in [-0.4, -0.2) is 21.2 Å². The number of benzene rings is 3. The zero-order valence-corrected chi connectivity index (χ0v) is 31.0. The van der Waals surface area contributed by atoms with Gasteiger partial charge in [-0.3, -0.25) is 0 Å². The summed E-state index contributed by atoms with van der Waals surface area (Å²) in [6, 6.07) is 22.5. The average molecular weight is 869 g/mol. The summed E-state index contributed by atoms with van der Waals surface area (Å²) in [5.74, 6) is 0.720. The third-order valence-corrected chi connectivity index (χ3v) is 10.8. The van der Waals surface area contributed by atoms with Gasteiger partial charge in [-0.25, -0.2) is 6.54 Å². The van der Waals surface area contributed by atoms with E-state index in [0.717, 1.165) is 30.6 Å². The van der Waals surface area contributed by atoms with E-state index in [1.165, 1.54) is 28.4 Å². The topological polar surface area (TPSA) is 55.6 Å². The molecule has 5 nitrogen and oxygen atoms in total. The molecule has 0 aliphatic carbocycles. The number of nitro benzene ring substituents is 1. The average Bonchev–Trinajstić information content (AvgIpc) is 3.18. The van der Waals surface area contributed by atoms with Crippen molar-refractivity contribution in [3.05, 3.63) is 106 Å². The van der Waals surface area contributed by atoms with Gasteiger partial charge in [-0.2, -0.15) is 0 Å². The molecule has 1 fully saturated rings.